The van der Waals surface area contributed by atoms with Gasteiger partial charge in [-0.1, -0.05) is 18.2 Å². The topological polar surface area (TPSA) is 53.6 Å². The first kappa shape index (κ1) is 11.5. The van der Waals surface area contributed by atoms with Crippen LogP contribution in [0.25, 0.3) is 10.9 Å². The van der Waals surface area contributed by atoms with Crippen LogP contribution in [-0.4, -0.2) is 15.2 Å². The van der Waals surface area contributed by atoms with Gasteiger partial charge in [0.2, 0.25) is 0 Å². The molecule has 1 aliphatic carbocycles. The maximum atomic E-state index is 4.58. The summed E-state index contributed by atoms with van der Waals surface area (Å²) in [7, 11) is 0. The van der Waals surface area contributed by atoms with Crippen molar-refractivity contribution in [2.24, 2.45) is 0 Å². The van der Waals surface area contributed by atoms with Gasteiger partial charge in [0, 0.05) is 11.6 Å². The third-order valence-corrected chi connectivity index (χ3v) is 4.00. The standard InChI is InChI=1S/C16H16N4/c1-4-11-6-3-9-17-15(11)13(7-1)19-14-8-2-5-12-10-18-20-16(12)14/h2-3,5-6,8-10,13,19H,1,4,7H2,(H,18,20). The van der Waals surface area contributed by atoms with Crippen molar-refractivity contribution in [1.82, 2.24) is 15.2 Å². The van der Waals surface area contributed by atoms with E-state index in [1.54, 1.807) is 0 Å². The Hall–Kier alpha value is -2.36. The molecule has 20 heavy (non-hydrogen) atoms. The van der Waals surface area contributed by atoms with Crippen molar-refractivity contribution < 1.29 is 0 Å². The Morgan fingerprint density at radius 1 is 1.20 bits per heavy atom. The molecule has 0 spiro atoms. The van der Waals surface area contributed by atoms with Crippen molar-refractivity contribution in [3.05, 3.63) is 54.0 Å². The first-order valence-electron chi connectivity index (χ1n) is 7.04. The Morgan fingerprint density at radius 3 is 3.20 bits per heavy atom. The van der Waals surface area contributed by atoms with Gasteiger partial charge in [-0.3, -0.25) is 10.1 Å². The van der Waals surface area contributed by atoms with Crippen LogP contribution in [0.1, 0.15) is 30.1 Å². The van der Waals surface area contributed by atoms with Crippen molar-refractivity contribution in [2.75, 3.05) is 5.32 Å². The number of benzene rings is 1. The average Bonchev–Trinajstić information content (AvgIpc) is 2.97. The number of nitrogens with zero attached hydrogens (tertiary/aromatic N) is 2. The number of aromatic amines is 1. The molecule has 1 atom stereocenters. The van der Waals surface area contributed by atoms with Gasteiger partial charge in [0.05, 0.1) is 29.1 Å². The molecule has 0 fully saturated rings. The second-order valence-corrected chi connectivity index (χ2v) is 5.28. The highest BCUT2D eigenvalue weighted by atomic mass is 15.1. The number of rotatable bonds is 2. The number of hydrogen-bond donors (Lipinski definition) is 2. The predicted molar refractivity (Wildman–Crippen MR) is 79.6 cm³/mol. The number of hydrogen-bond acceptors (Lipinski definition) is 3. The smallest absolute Gasteiger partial charge is 0.0881 e. The van der Waals surface area contributed by atoms with E-state index in [1.165, 1.54) is 17.7 Å². The molecule has 100 valence electrons. The Labute approximate surface area is 117 Å². The molecular formula is C16H16N4. The number of anilines is 1. The van der Waals surface area contributed by atoms with Gasteiger partial charge in [0.25, 0.3) is 0 Å². The molecule has 2 heterocycles. The highest BCUT2D eigenvalue weighted by Crippen LogP contribution is 2.32. The molecule has 0 aliphatic heterocycles. The van der Waals surface area contributed by atoms with Crippen LogP contribution in [0, 0.1) is 0 Å². The molecule has 0 amide bonds. The molecule has 0 saturated heterocycles. The summed E-state index contributed by atoms with van der Waals surface area (Å²) in [6, 6.07) is 10.7. The summed E-state index contributed by atoms with van der Waals surface area (Å²) in [6.45, 7) is 0. The van der Waals surface area contributed by atoms with Crippen molar-refractivity contribution in [3.63, 3.8) is 0 Å². The summed E-state index contributed by atoms with van der Waals surface area (Å²) < 4.78 is 0. The van der Waals surface area contributed by atoms with Crippen molar-refractivity contribution in [3.8, 4) is 0 Å². The van der Waals surface area contributed by atoms with E-state index in [0.29, 0.717) is 0 Å². The number of aromatic nitrogens is 3. The van der Waals surface area contributed by atoms with E-state index >= 15 is 0 Å². The van der Waals surface area contributed by atoms with E-state index in [2.05, 4.69) is 44.8 Å². The molecule has 4 heteroatoms. The Bertz CT molecular complexity index is 747. The largest absolute Gasteiger partial charge is 0.375 e. The summed E-state index contributed by atoms with van der Waals surface area (Å²) in [5.41, 5.74) is 4.72. The zero-order chi connectivity index (χ0) is 13.4. The molecule has 2 N–H and O–H groups in total. The fourth-order valence-electron chi connectivity index (χ4n) is 3.03. The van der Waals surface area contributed by atoms with E-state index in [4.69, 9.17) is 0 Å². The molecule has 0 bridgehead atoms. The average molecular weight is 264 g/mol. The fraction of sp³-hybridized carbons (Fsp3) is 0.250. The maximum Gasteiger partial charge on any atom is 0.0881 e. The second-order valence-electron chi connectivity index (χ2n) is 5.28. The normalized spacial score (nSPS) is 17.9. The first-order valence-corrected chi connectivity index (χ1v) is 7.04. The monoisotopic (exact) mass is 264 g/mol. The van der Waals surface area contributed by atoms with Crippen LogP contribution >= 0.6 is 0 Å². The fourth-order valence-corrected chi connectivity index (χ4v) is 3.03. The minimum absolute atomic E-state index is 0.286. The number of H-pyrrole nitrogens is 1. The lowest BCUT2D eigenvalue weighted by Gasteiger charge is -2.26. The highest BCUT2D eigenvalue weighted by molar-refractivity contribution is 5.90. The van der Waals surface area contributed by atoms with Crippen LogP contribution in [0.5, 0.6) is 0 Å². The molecular weight excluding hydrogens is 248 g/mol. The summed E-state index contributed by atoms with van der Waals surface area (Å²) in [5.74, 6) is 0. The number of fused-ring (bicyclic) bond motifs is 2. The van der Waals surface area contributed by atoms with Gasteiger partial charge >= 0.3 is 0 Å². The van der Waals surface area contributed by atoms with E-state index in [-0.39, 0.29) is 6.04 Å². The Balaban J connectivity index is 1.72. The summed E-state index contributed by atoms with van der Waals surface area (Å²) in [6.07, 6.45) is 7.20. The van der Waals surface area contributed by atoms with Crippen LogP contribution in [0.3, 0.4) is 0 Å². The quantitative estimate of drug-likeness (QED) is 0.745. The Kier molecular flexibility index (Phi) is 2.66. The molecule has 4 nitrogen and oxygen atoms in total. The van der Waals surface area contributed by atoms with Gasteiger partial charge in [-0.15, -0.1) is 0 Å². The number of para-hydroxylation sites is 1. The predicted octanol–water partition coefficient (Wildman–Crippen LogP) is 3.45. The van der Waals surface area contributed by atoms with E-state index < -0.39 is 0 Å². The minimum atomic E-state index is 0.286. The van der Waals surface area contributed by atoms with Crippen molar-refractivity contribution >= 4 is 16.6 Å². The van der Waals surface area contributed by atoms with Gasteiger partial charge in [-0.25, -0.2) is 0 Å². The zero-order valence-electron chi connectivity index (χ0n) is 11.1. The van der Waals surface area contributed by atoms with E-state index in [1.807, 2.05) is 18.5 Å². The third kappa shape index (κ3) is 1.84. The summed E-state index contributed by atoms with van der Waals surface area (Å²) in [4.78, 5) is 4.58. The van der Waals surface area contributed by atoms with Crippen molar-refractivity contribution in [1.29, 1.82) is 0 Å². The van der Waals surface area contributed by atoms with E-state index in [9.17, 15) is 0 Å². The zero-order valence-corrected chi connectivity index (χ0v) is 11.1. The van der Waals surface area contributed by atoms with Crippen LogP contribution < -0.4 is 5.32 Å². The maximum absolute atomic E-state index is 4.58. The van der Waals surface area contributed by atoms with Gasteiger partial charge in [-0.05, 0) is 37.0 Å². The minimum Gasteiger partial charge on any atom is -0.375 e. The van der Waals surface area contributed by atoms with E-state index in [0.717, 1.165) is 29.4 Å². The highest BCUT2D eigenvalue weighted by Gasteiger charge is 2.21. The van der Waals surface area contributed by atoms with Crippen molar-refractivity contribution in [2.45, 2.75) is 25.3 Å². The number of pyridine rings is 1. The second kappa shape index (κ2) is 4.63. The third-order valence-electron chi connectivity index (χ3n) is 4.00. The lowest BCUT2D eigenvalue weighted by Crippen LogP contribution is -2.19. The van der Waals surface area contributed by atoms with Crippen LogP contribution in [0.4, 0.5) is 5.69 Å². The first-order chi connectivity index (χ1) is 9.92. The molecule has 3 aromatic rings. The van der Waals surface area contributed by atoms with Gasteiger partial charge in [0.1, 0.15) is 0 Å². The van der Waals surface area contributed by atoms with Crippen LogP contribution in [0.15, 0.2) is 42.7 Å². The molecule has 1 aliphatic rings. The molecule has 4 rings (SSSR count). The molecule has 2 aromatic heterocycles. The SMILES string of the molecule is c1cnc2c(c1)CCCC2Nc1cccc2cn[nH]c12. The van der Waals surface area contributed by atoms with Gasteiger partial charge < -0.3 is 5.32 Å². The molecule has 0 radical (unpaired) electrons. The molecule has 1 aromatic carbocycles. The van der Waals surface area contributed by atoms with Gasteiger partial charge in [0.15, 0.2) is 0 Å². The lowest BCUT2D eigenvalue weighted by atomic mass is 9.91. The number of aryl methyl sites for hydroxylation is 1. The molecule has 1 unspecified atom stereocenters. The summed E-state index contributed by atoms with van der Waals surface area (Å²) >= 11 is 0. The van der Waals surface area contributed by atoms with Gasteiger partial charge in [-0.2, -0.15) is 5.10 Å². The van der Waals surface area contributed by atoms with Crippen LogP contribution in [-0.2, 0) is 6.42 Å². The number of nitrogens with one attached hydrogen (secondary N) is 2. The van der Waals surface area contributed by atoms with Crippen LogP contribution in [0.2, 0.25) is 0 Å². The lowest BCUT2D eigenvalue weighted by molar-refractivity contribution is 0.584. The summed E-state index contributed by atoms with van der Waals surface area (Å²) in [5, 5.41) is 12.0. The Morgan fingerprint density at radius 2 is 2.20 bits per heavy atom. The molecule has 0 saturated carbocycles.